The Morgan fingerprint density at radius 2 is 1.94 bits per heavy atom. The lowest BCUT2D eigenvalue weighted by Gasteiger charge is -2.35. The predicted molar refractivity (Wildman–Crippen MR) is 70.8 cm³/mol. The summed E-state index contributed by atoms with van der Waals surface area (Å²) in [6.45, 7) is 0. The van der Waals surface area contributed by atoms with E-state index in [9.17, 15) is 8.78 Å². The van der Waals surface area contributed by atoms with Crippen LogP contribution in [0.15, 0.2) is 22.7 Å². The quantitative estimate of drug-likeness (QED) is 0.876. The standard InChI is InChI=1S/C14H16BrF2N/c15-10-2-1-9(13(16)5-10)6-14(17)7-11-3-4-12(8-14)18-11/h1-2,5,11-12,18H,3-4,6-8H2. The SMILES string of the molecule is Fc1cc(Br)ccc1CC1(F)CC2CCC(C1)N2. The van der Waals surface area contributed by atoms with Crippen molar-refractivity contribution in [2.75, 3.05) is 0 Å². The van der Waals surface area contributed by atoms with Gasteiger partial charge in [-0.2, -0.15) is 0 Å². The smallest absolute Gasteiger partial charge is 0.127 e. The molecule has 0 amide bonds. The lowest BCUT2D eigenvalue weighted by Crippen LogP contribution is -2.47. The summed E-state index contributed by atoms with van der Waals surface area (Å²) in [5, 5.41) is 3.41. The summed E-state index contributed by atoms with van der Waals surface area (Å²) >= 11 is 3.22. The second kappa shape index (κ2) is 4.57. The molecule has 0 saturated carbocycles. The summed E-state index contributed by atoms with van der Waals surface area (Å²) in [6.07, 6.45) is 3.33. The zero-order valence-electron chi connectivity index (χ0n) is 10.1. The number of fused-ring (bicyclic) bond motifs is 2. The molecule has 98 valence electrons. The third-order valence-electron chi connectivity index (χ3n) is 4.08. The molecule has 2 aliphatic heterocycles. The predicted octanol–water partition coefficient (Wildman–Crippen LogP) is 3.75. The first-order valence-electron chi connectivity index (χ1n) is 6.43. The second-order valence-corrected chi connectivity index (χ2v) is 6.53. The minimum atomic E-state index is -1.24. The van der Waals surface area contributed by atoms with Crippen molar-refractivity contribution in [3.05, 3.63) is 34.1 Å². The van der Waals surface area contributed by atoms with Crippen molar-refractivity contribution in [2.24, 2.45) is 0 Å². The van der Waals surface area contributed by atoms with E-state index in [1.807, 2.05) is 0 Å². The van der Waals surface area contributed by atoms with E-state index in [0.717, 1.165) is 12.8 Å². The van der Waals surface area contributed by atoms with Gasteiger partial charge in [-0.3, -0.25) is 0 Å². The molecule has 2 aliphatic rings. The molecule has 2 bridgehead atoms. The van der Waals surface area contributed by atoms with Gasteiger partial charge in [0.1, 0.15) is 11.5 Å². The van der Waals surface area contributed by atoms with Gasteiger partial charge >= 0.3 is 0 Å². The molecule has 2 atom stereocenters. The van der Waals surface area contributed by atoms with Crippen molar-refractivity contribution in [3.8, 4) is 0 Å². The highest BCUT2D eigenvalue weighted by atomic mass is 79.9. The molecule has 0 radical (unpaired) electrons. The van der Waals surface area contributed by atoms with Crippen LogP contribution in [0.25, 0.3) is 0 Å². The second-order valence-electron chi connectivity index (χ2n) is 5.61. The molecule has 0 aliphatic carbocycles. The molecule has 0 aromatic heterocycles. The van der Waals surface area contributed by atoms with Crippen molar-refractivity contribution in [2.45, 2.75) is 49.9 Å². The first kappa shape index (κ1) is 12.5. The Bertz CT molecular complexity index is 451. The van der Waals surface area contributed by atoms with Crippen LogP contribution in [0.5, 0.6) is 0 Å². The van der Waals surface area contributed by atoms with Gasteiger partial charge in [-0.15, -0.1) is 0 Å². The maximum atomic E-state index is 14.9. The largest absolute Gasteiger partial charge is 0.311 e. The summed E-state index contributed by atoms with van der Waals surface area (Å²) < 4.78 is 29.3. The molecule has 3 rings (SSSR count). The maximum absolute atomic E-state index is 14.9. The molecule has 1 nitrogen and oxygen atoms in total. The first-order valence-corrected chi connectivity index (χ1v) is 7.22. The molecule has 1 aromatic rings. The van der Waals surface area contributed by atoms with Gasteiger partial charge in [-0.25, -0.2) is 8.78 Å². The minimum absolute atomic E-state index is 0.195. The zero-order valence-corrected chi connectivity index (χ0v) is 11.6. The number of hydrogen-bond acceptors (Lipinski definition) is 1. The van der Waals surface area contributed by atoms with Crippen molar-refractivity contribution < 1.29 is 8.78 Å². The van der Waals surface area contributed by atoms with E-state index in [1.54, 1.807) is 12.1 Å². The molecule has 2 unspecified atom stereocenters. The van der Waals surface area contributed by atoms with Crippen LogP contribution in [-0.4, -0.2) is 17.8 Å². The van der Waals surface area contributed by atoms with E-state index in [2.05, 4.69) is 21.2 Å². The molecule has 2 fully saturated rings. The van der Waals surface area contributed by atoms with Crippen LogP contribution in [-0.2, 0) is 6.42 Å². The van der Waals surface area contributed by atoms with Gasteiger partial charge in [0.15, 0.2) is 0 Å². The monoisotopic (exact) mass is 315 g/mol. The number of piperidine rings is 1. The highest BCUT2D eigenvalue weighted by molar-refractivity contribution is 9.10. The van der Waals surface area contributed by atoms with Crippen molar-refractivity contribution >= 4 is 15.9 Å². The van der Waals surface area contributed by atoms with Gasteiger partial charge in [-0.1, -0.05) is 22.0 Å². The normalized spacial score (nSPS) is 34.8. The van der Waals surface area contributed by atoms with Crippen LogP contribution >= 0.6 is 15.9 Å². The Morgan fingerprint density at radius 1 is 1.28 bits per heavy atom. The van der Waals surface area contributed by atoms with E-state index in [1.165, 1.54) is 6.07 Å². The fraction of sp³-hybridized carbons (Fsp3) is 0.571. The molecule has 1 aromatic carbocycles. The molecule has 1 N–H and O–H groups in total. The molecular formula is C14H16BrF2N. The Morgan fingerprint density at radius 3 is 2.56 bits per heavy atom. The van der Waals surface area contributed by atoms with Gasteiger partial charge in [0.25, 0.3) is 0 Å². The van der Waals surface area contributed by atoms with Crippen molar-refractivity contribution in [1.29, 1.82) is 0 Å². The number of halogens is 3. The number of benzene rings is 1. The van der Waals surface area contributed by atoms with E-state index in [-0.39, 0.29) is 24.3 Å². The summed E-state index contributed by atoms with van der Waals surface area (Å²) in [7, 11) is 0. The third-order valence-corrected chi connectivity index (χ3v) is 4.58. The van der Waals surface area contributed by atoms with Gasteiger partial charge in [-0.05, 0) is 43.4 Å². The van der Waals surface area contributed by atoms with Crippen LogP contribution in [0.3, 0.4) is 0 Å². The Labute approximate surface area is 114 Å². The molecule has 4 heteroatoms. The number of alkyl halides is 1. The fourth-order valence-corrected chi connectivity index (χ4v) is 3.67. The van der Waals surface area contributed by atoms with E-state index < -0.39 is 5.67 Å². The summed E-state index contributed by atoms with van der Waals surface area (Å²) in [5.74, 6) is -0.313. The third kappa shape index (κ3) is 2.45. The average molecular weight is 316 g/mol. The number of nitrogens with one attached hydrogen (secondary N) is 1. The highest BCUT2D eigenvalue weighted by Gasteiger charge is 2.44. The molecule has 2 heterocycles. The minimum Gasteiger partial charge on any atom is -0.311 e. The van der Waals surface area contributed by atoms with Crippen LogP contribution in [0.4, 0.5) is 8.78 Å². The molecule has 2 saturated heterocycles. The summed E-state index contributed by atoms with van der Waals surface area (Å²) in [4.78, 5) is 0. The maximum Gasteiger partial charge on any atom is 0.127 e. The summed E-state index contributed by atoms with van der Waals surface area (Å²) in [5.41, 5.74) is -0.756. The van der Waals surface area contributed by atoms with Crippen LogP contribution in [0.2, 0.25) is 0 Å². The number of rotatable bonds is 2. The van der Waals surface area contributed by atoms with Crippen molar-refractivity contribution in [3.63, 3.8) is 0 Å². The fourth-order valence-electron chi connectivity index (χ4n) is 3.34. The van der Waals surface area contributed by atoms with Gasteiger partial charge in [0.2, 0.25) is 0 Å². The van der Waals surface area contributed by atoms with E-state index in [0.29, 0.717) is 22.9 Å². The highest BCUT2D eigenvalue weighted by Crippen LogP contribution is 2.39. The Kier molecular flexibility index (Phi) is 3.18. The molecule has 18 heavy (non-hydrogen) atoms. The molecular weight excluding hydrogens is 300 g/mol. The van der Waals surface area contributed by atoms with E-state index >= 15 is 0 Å². The Hall–Kier alpha value is -0.480. The topological polar surface area (TPSA) is 12.0 Å². The number of hydrogen-bond donors (Lipinski definition) is 1. The lowest BCUT2D eigenvalue weighted by atomic mass is 9.84. The van der Waals surface area contributed by atoms with Crippen LogP contribution in [0, 0.1) is 5.82 Å². The molecule has 0 spiro atoms. The van der Waals surface area contributed by atoms with Gasteiger partial charge < -0.3 is 5.32 Å². The van der Waals surface area contributed by atoms with E-state index in [4.69, 9.17) is 0 Å². The average Bonchev–Trinajstić information content (AvgIpc) is 2.63. The Balaban J connectivity index is 1.79. The zero-order chi connectivity index (χ0) is 12.8. The first-order chi connectivity index (χ1) is 8.54. The van der Waals surface area contributed by atoms with Gasteiger partial charge in [0.05, 0.1) is 0 Å². The van der Waals surface area contributed by atoms with Crippen LogP contribution in [0.1, 0.15) is 31.2 Å². The van der Waals surface area contributed by atoms with Crippen molar-refractivity contribution in [1.82, 2.24) is 5.32 Å². The van der Waals surface area contributed by atoms with Crippen LogP contribution < -0.4 is 5.32 Å². The van der Waals surface area contributed by atoms with Gasteiger partial charge in [0, 0.05) is 23.0 Å². The summed E-state index contributed by atoms with van der Waals surface area (Å²) in [6, 6.07) is 5.44. The lowest BCUT2D eigenvalue weighted by molar-refractivity contribution is 0.0884.